The van der Waals surface area contributed by atoms with E-state index in [9.17, 15) is 9.59 Å². The molecule has 1 aromatic rings. The third kappa shape index (κ3) is 4.50. The molecular weight excluding hydrogens is 272 g/mol. The van der Waals surface area contributed by atoms with Gasteiger partial charge in [-0.05, 0) is 13.0 Å². The molecule has 2 N–H and O–H groups in total. The van der Waals surface area contributed by atoms with Crippen LogP contribution in [0.4, 0.5) is 5.13 Å². The van der Waals surface area contributed by atoms with Gasteiger partial charge >= 0.3 is 5.97 Å². The second-order valence-electron chi connectivity index (χ2n) is 3.19. The number of nitrogen functional groups attached to an aromatic ring is 1. The molecule has 0 atom stereocenters. The normalized spacial score (nSPS) is 10.8. The summed E-state index contributed by atoms with van der Waals surface area (Å²) in [5.74, 6) is 0.0689. The van der Waals surface area contributed by atoms with Crippen molar-refractivity contribution in [2.75, 3.05) is 18.1 Å². The standard InChI is InChI=1S/C11H14N2O3S2/c1-3-16-10(15)9-8(18-11(12)13-9)5-4-6-17-7(2)14/h4-5H,3,6H2,1-2H3,(H2,12,13). The number of carbonyl (C=O) groups excluding carboxylic acids is 2. The third-order valence-electron chi connectivity index (χ3n) is 1.79. The number of carbonyl (C=O) groups is 2. The Morgan fingerprint density at radius 1 is 1.56 bits per heavy atom. The molecule has 0 aliphatic carbocycles. The smallest absolute Gasteiger partial charge is 0.358 e. The number of nitrogens with two attached hydrogens (primary N) is 1. The number of hydrogen-bond acceptors (Lipinski definition) is 7. The molecule has 1 aromatic heterocycles. The maximum Gasteiger partial charge on any atom is 0.358 e. The number of rotatable bonds is 5. The minimum atomic E-state index is -0.482. The van der Waals surface area contributed by atoms with Gasteiger partial charge < -0.3 is 10.5 Å². The van der Waals surface area contributed by atoms with Crippen LogP contribution in [-0.2, 0) is 9.53 Å². The van der Waals surface area contributed by atoms with Gasteiger partial charge in [0.05, 0.1) is 11.5 Å². The molecule has 98 valence electrons. The van der Waals surface area contributed by atoms with E-state index in [0.29, 0.717) is 22.4 Å². The Morgan fingerprint density at radius 3 is 2.89 bits per heavy atom. The van der Waals surface area contributed by atoms with Crippen molar-refractivity contribution in [1.82, 2.24) is 4.98 Å². The van der Waals surface area contributed by atoms with E-state index in [-0.39, 0.29) is 10.8 Å². The first-order valence-electron chi connectivity index (χ1n) is 5.28. The predicted molar refractivity (Wildman–Crippen MR) is 74.7 cm³/mol. The molecule has 0 aliphatic rings. The lowest BCUT2D eigenvalue weighted by Crippen LogP contribution is -2.06. The number of nitrogens with zero attached hydrogens (tertiary/aromatic N) is 1. The average molecular weight is 286 g/mol. The maximum atomic E-state index is 11.6. The first kappa shape index (κ1) is 14.7. The topological polar surface area (TPSA) is 82.3 Å². The van der Waals surface area contributed by atoms with Gasteiger partial charge in [0.15, 0.2) is 15.9 Å². The van der Waals surface area contributed by atoms with Crippen LogP contribution in [0.5, 0.6) is 0 Å². The fraction of sp³-hybridized carbons (Fsp3) is 0.364. The van der Waals surface area contributed by atoms with Gasteiger partial charge in [-0.2, -0.15) is 0 Å². The van der Waals surface area contributed by atoms with E-state index in [1.165, 1.54) is 30.0 Å². The van der Waals surface area contributed by atoms with Crippen molar-refractivity contribution in [2.24, 2.45) is 0 Å². The Kier molecular flexibility index (Phi) is 5.87. The van der Waals surface area contributed by atoms with Crippen molar-refractivity contribution >= 4 is 45.4 Å². The zero-order valence-corrected chi connectivity index (χ0v) is 11.8. The second-order valence-corrected chi connectivity index (χ2v) is 5.45. The van der Waals surface area contributed by atoms with Crippen LogP contribution in [0.3, 0.4) is 0 Å². The van der Waals surface area contributed by atoms with Crippen LogP contribution < -0.4 is 5.73 Å². The van der Waals surface area contributed by atoms with E-state index in [2.05, 4.69) is 4.98 Å². The Hall–Kier alpha value is -1.34. The van der Waals surface area contributed by atoms with Crippen molar-refractivity contribution in [3.8, 4) is 0 Å². The lowest BCUT2D eigenvalue weighted by molar-refractivity contribution is -0.109. The molecule has 0 amide bonds. The summed E-state index contributed by atoms with van der Waals surface area (Å²) < 4.78 is 4.88. The first-order valence-corrected chi connectivity index (χ1v) is 7.08. The second kappa shape index (κ2) is 7.17. The highest BCUT2D eigenvalue weighted by molar-refractivity contribution is 8.13. The predicted octanol–water partition coefficient (Wildman–Crippen LogP) is 2.19. The molecule has 0 saturated heterocycles. The van der Waals surface area contributed by atoms with Crippen LogP contribution in [0.25, 0.3) is 6.08 Å². The fourth-order valence-electron chi connectivity index (χ4n) is 1.13. The van der Waals surface area contributed by atoms with Crippen molar-refractivity contribution in [3.05, 3.63) is 16.6 Å². The quantitative estimate of drug-likeness (QED) is 0.835. The highest BCUT2D eigenvalue weighted by Gasteiger charge is 2.16. The lowest BCUT2D eigenvalue weighted by Gasteiger charge is -1.98. The number of ether oxygens (including phenoxy) is 1. The molecule has 7 heteroatoms. The van der Waals surface area contributed by atoms with Gasteiger partial charge in [-0.15, -0.1) is 0 Å². The molecule has 5 nitrogen and oxygen atoms in total. The van der Waals surface area contributed by atoms with Crippen LogP contribution in [0.1, 0.15) is 29.2 Å². The van der Waals surface area contributed by atoms with Gasteiger partial charge in [-0.3, -0.25) is 4.79 Å². The van der Waals surface area contributed by atoms with E-state index in [0.717, 1.165) is 0 Å². The molecule has 18 heavy (non-hydrogen) atoms. The van der Waals surface area contributed by atoms with Crippen molar-refractivity contribution in [3.63, 3.8) is 0 Å². The zero-order valence-electron chi connectivity index (χ0n) is 10.1. The van der Waals surface area contributed by atoms with Gasteiger partial charge in [0, 0.05) is 12.7 Å². The van der Waals surface area contributed by atoms with Crippen molar-refractivity contribution in [2.45, 2.75) is 13.8 Å². The fourth-order valence-corrected chi connectivity index (χ4v) is 2.31. The van der Waals surface area contributed by atoms with E-state index in [1.807, 2.05) is 0 Å². The zero-order chi connectivity index (χ0) is 13.5. The van der Waals surface area contributed by atoms with Crippen LogP contribution in [-0.4, -0.2) is 28.4 Å². The molecule has 0 radical (unpaired) electrons. The summed E-state index contributed by atoms with van der Waals surface area (Å²) in [5, 5.41) is 0.367. The average Bonchev–Trinajstić information content (AvgIpc) is 2.66. The highest BCUT2D eigenvalue weighted by Crippen LogP contribution is 2.23. The summed E-state index contributed by atoms with van der Waals surface area (Å²) >= 11 is 2.41. The van der Waals surface area contributed by atoms with Crippen molar-refractivity contribution in [1.29, 1.82) is 0 Å². The molecule has 0 fully saturated rings. The monoisotopic (exact) mass is 286 g/mol. The molecular formula is C11H14N2O3S2. The van der Waals surface area contributed by atoms with E-state index >= 15 is 0 Å². The molecule has 0 saturated carbocycles. The third-order valence-corrected chi connectivity index (χ3v) is 3.41. The van der Waals surface area contributed by atoms with E-state index < -0.39 is 5.97 Å². The van der Waals surface area contributed by atoms with Gasteiger partial charge in [0.1, 0.15) is 0 Å². The van der Waals surface area contributed by atoms with Crippen LogP contribution in [0.2, 0.25) is 0 Å². The molecule has 0 aromatic carbocycles. The Balaban J connectivity index is 2.75. The van der Waals surface area contributed by atoms with E-state index in [4.69, 9.17) is 10.5 Å². The lowest BCUT2D eigenvalue weighted by atomic mass is 10.3. The SMILES string of the molecule is CCOC(=O)c1nc(N)sc1C=CCSC(C)=O. The summed E-state index contributed by atoms with van der Waals surface area (Å²) in [6.07, 6.45) is 3.53. The first-order chi connectivity index (χ1) is 8.54. The minimum absolute atomic E-state index is 0.0501. The van der Waals surface area contributed by atoms with Gasteiger partial charge in [-0.1, -0.05) is 29.2 Å². The van der Waals surface area contributed by atoms with Gasteiger partial charge in [0.25, 0.3) is 0 Å². The number of anilines is 1. The molecule has 1 heterocycles. The molecule has 0 aliphatic heterocycles. The van der Waals surface area contributed by atoms with Crippen molar-refractivity contribution < 1.29 is 14.3 Å². The van der Waals surface area contributed by atoms with E-state index in [1.54, 1.807) is 19.1 Å². The molecule has 0 bridgehead atoms. The summed E-state index contributed by atoms with van der Waals surface area (Å²) in [4.78, 5) is 26.9. The van der Waals surface area contributed by atoms with Gasteiger partial charge in [0.2, 0.25) is 0 Å². The van der Waals surface area contributed by atoms with Gasteiger partial charge in [-0.25, -0.2) is 9.78 Å². The summed E-state index contributed by atoms with van der Waals surface area (Å²) in [6, 6.07) is 0. The summed E-state index contributed by atoms with van der Waals surface area (Å²) in [6.45, 7) is 3.53. The summed E-state index contributed by atoms with van der Waals surface area (Å²) in [7, 11) is 0. The van der Waals surface area contributed by atoms with Crippen LogP contribution in [0.15, 0.2) is 6.08 Å². The Labute approximate surface area is 113 Å². The largest absolute Gasteiger partial charge is 0.461 e. The number of aromatic nitrogens is 1. The summed E-state index contributed by atoms with van der Waals surface area (Å²) in [5.41, 5.74) is 5.80. The maximum absolute atomic E-state index is 11.6. The molecule has 1 rings (SSSR count). The minimum Gasteiger partial charge on any atom is -0.461 e. The Morgan fingerprint density at radius 2 is 2.28 bits per heavy atom. The number of hydrogen-bond donors (Lipinski definition) is 1. The number of thiazole rings is 1. The molecule has 0 spiro atoms. The Bertz CT molecular complexity index is 469. The number of thioether (sulfide) groups is 1. The highest BCUT2D eigenvalue weighted by atomic mass is 32.2. The number of esters is 1. The molecule has 0 unspecified atom stereocenters. The van der Waals surface area contributed by atoms with Crippen LogP contribution >= 0.6 is 23.1 Å². The van der Waals surface area contributed by atoms with Crippen LogP contribution in [0, 0.1) is 0 Å².